The van der Waals surface area contributed by atoms with Crippen molar-refractivity contribution < 1.29 is 9.90 Å². The number of carbonyl (C=O) groups excluding carboxylic acids is 1. The largest absolute Gasteiger partial charge is 0.391 e. The molecule has 2 aliphatic rings. The van der Waals surface area contributed by atoms with Gasteiger partial charge in [0.1, 0.15) is 0 Å². The van der Waals surface area contributed by atoms with Crippen molar-refractivity contribution in [3.63, 3.8) is 0 Å². The summed E-state index contributed by atoms with van der Waals surface area (Å²) in [6.45, 7) is 0.681. The highest BCUT2D eigenvalue weighted by Crippen LogP contribution is 2.32. The molecule has 1 heterocycles. The molecule has 0 spiro atoms. The summed E-state index contributed by atoms with van der Waals surface area (Å²) in [4.78, 5) is 16.7. The number of para-hydroxylation sites is 1. The van der Waals surface area contributed by atoms with Gasteiger partial charge in [-0.25, -0.2) is 0 Å². The van der Waals surface area contributed by atoms with E-state index in [1.165, 1.54) is 0 Å². The molecular weight excluding hydrogens is 300 g/mol. The molecule has 1 aliphatic carbocycles. The third-order valence-electron chi connectivity index (χ3n) is 5.03. The number of aliphatic hydroxyl groups excluding tert-OH is 1. The Bertz CT molecular complexity index is 551. The molecule has 120 valence electrons. The molecule has 3 unspecified atom stereocenters. The minimum Gasteiger partial charge on any atom is -0.391 e. The Morgan fingerprint density at radius 2 is 1.95 bits per heavy atom. The third kappa shape index (κ3) is 2.87. The summed E-state index contributed by atoms with van der Waals surface area (Å²) < 4.78 is 0. The first-order valence-electron chi connectivity index (χ1n) is 8.05. The summed E-state index contributed by atoms with van der Waals surface area (Å²) in [5.74, 6) is 0.0911. The number of anilines is 1. The van der Waals surface area contributed by atoms with Crippen LogP contribution >= 0.6 is 11.6 Å². The molecule has 22 heavy (non-hydrogen) atoms. The van der Waals surface area contributed by atoms with Gasteiger partial charge in [0.2, 0.25) is 5.91 Å². The van der Waals surface area contributed by atoms with Gasteiger partial charge < -0.3 is 10.0 Å². The van der Waals surface area contributed by atoms with Crippen LogP contribution in [0.2, 0.25) is 5.02 Å². The highest BCUT2D eigenvalue weighted by Gasteiger charge is 2.40. The number of hydrogen-bond acceptors (Lipinski definition) is 3. The van der Waals surface area contributed by atoms with E-state index in [1.54, 1.807) is 4.90 Å². The zero-order valence-corrected chi connectivity index (χ0v) is 13.7. The van der Waals surface area contributed by atoms with Gasteiger partial charge in [-0.1, -0.05) is 36.6 Å². The van der Waals surface area contributed by atoms with Crippen molar-refractivity contribution in [3.05, 3.63) is 29.3 Å². The molecule has 1 saturated carbocycles. The van der Waals surface area contributed by atoms with Gasteiger partial charge in [-0.05, 0) is 38.4 Å². The SMILES string of the molecule is CN(C1CCN(c2ccccc2Cl)C1=O)C1CCCCC1O. The summed E-state index contributed by atoms with van der Waals surface area (Å²) in [5.41, 5.74) is 0.786. The molecule has 3 atom stereocenters. The van der Waals surface area contributed by atoms with E-state index < -0.39 is 0 Å². The summed E-state index contributed by atoms with van der Waals surface area (Å²) >= 11 is 6.22. The average molecular weight is 323 g/mol. The average Bonchev–Trinajstić information content (AvgIpc) is 2.89. The molecule has 3 rings (SSSR count). The monoisotopic (exact) mass is 322 g/mol. The topological polar surface area (TPSA) is 43.8 Å². The van der Waals surface area contributed by atoms with Gasteiger partial charge in [0.25, 0.3) is 0 Å². The second-order valence-corrected chi connectivity index (χ2v) is 6.74. The van der Waals surface area contributed by atoms with E-state index in [-0.39, 0.29) is 24.1 Å². The van der Waals surface area contributed by atoms with Crippen LogP contribution in [0.25, 0.3) is 0 Å². The second-order valence-electron chi connectivity index (χ2n) is 6.33. The number of aliphatic hydroxyl groups is 1. The first-order chi connectivity index (χ1) is 10.6. The first kappa shape index (κ1) is 15.8. The van der Waals surface area contributed by atoms with Crippen LogP contribution in [-0.2, 0) is 4.79 Å². The van der Waals surface area contributed by atoms with Crippen LogP contribution in [0, 0.1) is 0 Å². The fourth-order valence-corrected chi connectivity index (χ4v) is 3.99. The highest BCUT2D eigenvalue weighted by atomic mass is 35.5. The molecule has 0 aromatic heterocycles. The Morgan fingerprint density at radius 1 is 1.23 bits per heavy atom. The van der Waals surface area contributed by atoms with Crippen molar-refractivity contribution in [2.75, 3.05) is 18.5 Å². The van der Waals surface area contributed by atoms with E-state index in [9.17, 15) is 9.90 Å². The maximum Gasteiger partial charge on any atom is 0.244 e. The van der Waals surface area contributed by atoms with E-state index in [0.717, 1.165) is 37.8 Å². The third-order valence-corrected chi connectivity index (χ3v) is 5.35. The lowest BCUT2D eigenvalue weighted by molar-refractivity contribution is -0.123. The number of nitrogens with zero attached hydrogens (tertiary/aromatic N) is 2. The number of amides is 1. The molecule has 1 N–H and O–H groups in total. The Kier molecular flexibility index (Phi) is 4.71. The predicted molar refractivity (Wildman–Crippen MR) is 88.2 cm³/mol. The highest BCUT2D eigenvalue weighted by molar-refractivity contribution is 6.33. The number of benzene rings is 1. The van der Waals surface area contributed by atoms with Crippen molar-refractivity contribution in [2.24, 2.45) is 0 Å². The number of likely N-dealkylation sites (N-methyl/N-ethyl adjacent to an activating group) is 1. The molecule has 0 bridgehead atoms. The lowest BCUT2D eigenvalue weighted by Gasteiger charge is -2.37. The molecule has 1 aromatic carbocycles. The summed E-state index contributed by atoms with van der Waals surface area (Å²) in [5, 5.41) is 10.8. The lowest BCUT2D eigenvalue weighted by Crippen LogP contribution is -2.50. The van der Waals surface area contributed by atoms with Crippen molar-refractivity contribution in [3.8, 4) is 0 Å². The summed E-state index contributed by atoms with van der Waals surface area (Å²) in [6.07, 6.45) is 4.47. The Labute approximate surface area is 136 Å². The Hall–Kier alpha value is -1.10. The predicted octanol–water partition coefficient (Wildman–Crippen LogP) is 2.68. The summed E-state index contributed by atoms with van der Waals surface area (Å²) in [7, 11) is 1.97. The van der Waals surface area contributed by atoms with Gasteiger partial charge >= 0.3 is 0 Å². The number of halogens is 1. The Morgan fingerprint density at radius 3 is 2.68 bits per heavy atom. The quantitative estimate of drug-likeness (QED) is 0.930. The van der Waals surface area contributed by atoms with Crippen LogP contribution in [0.4, 0.5) is 5.69 Å². The molecule has 1 aliphatic heterocycles. The molecule has 1 saturated heterocycles. The number of rotatable bonds is 3. The first-order valence-corrected chi connectivity index (χ1v) is 8.43. The minimum atomic E-state index is -0.319. The van der Waals surface area contributed by atoms with Crippen LogP contribution in [0.5, 0.6) is 0 Å². The molecule has 1 amide bonds. The van der Waals surface area contributed by atoms with Crippen molar-refractivity contribution in [2.45, 2.75) is 50.3 Å². The lowest BCUT2D eigenvalue weighted by atomic mass is 9.90. The number of hydrogen-bond donors (Lipinski definition) is 1. The second kappa shape index (κ2) is 6.57. The summed E-state index contributed by atoms with van der Waals surface area (Å²) in [6, 6.07) is 7.40. The maximum absolute atomic E-state index is 12.8. The van der Waals surface area contributed by atoms with E-state index >= 15 is 0 Å². The van der Waals surface area contributed by atoms with Gasteiger partial charge in [-0.15, -0.1) is 0 Å². The standard InChI is InChI=1S/C17H23ClN2O2/c1-19(14-8-4-5-9-16(14)21)15-10-11-20(17(15)22)13-7-3-2-6-12(13)18/h2-3,6-7,14-16,21H,4-5,8-11H2,1H3. The normalized spacial score (nSPS) is 29.4. The molecule has 5 heteroatoms. The van der Waals surface area contributed by atoms with Crippen LogP contribution in [0.1, 0.15) is 32.1 Å². The van der Waals surface area contributed by atoms with Gasteiger partial charge in [0, 0.05) is 12.6 Å². The molecule has 2 fully saturated rings. The number of carbonyl (C=O) groups is 1. The molecule has 1 aromatic rings. The fraction of sp³-hybridized carbons (Fsp3) is 0.588. The van der Waals surface area contributed by atoms with E-state index in [2.05, 4.69) is 4.90 Å². The Balaban J connectivity index is 1.74. The minimum absolute atomic E-state index is 0.0911. The molecule has 0 radical (unpaired) electrons. The van der Waals surface area contributed by atoms with Crippen LogP contribution < -0.4 is 4.90 Å². The maximum atomic E-state index is 12.8. The van der Waals surface area contributed by atoms with E-state index in [1.807, 2.05) is 31.3 Å². The zero-order chi connectivity index (χ0) is 15.7. The molecular formula is C17H23ClN2O2. The van der Waals surface area contributed by atoms with Gasteiger partial charge in [-0.2, -0.15) is 0 Å². The van der Waals surface area contributed by atoms with Crippen LogP contribution in [0.15, 0.2) is 24.3 Å². The fourth-order valence-electron chi connectivity index (χ4n) is 3.75. The van der Waals surface area contributed by atoms with Gasteiger partial charge in [0.05, 0.1) is 22.9 Å². The van der Waals surface area contributed by atoms with E-state index in [0.29, 0.717) is 11.6 Å². The van der Waals surface area contributed by atoms with Crippen LogP contribution in [-0.4, -0.2) is 47.7 Å². The van der Waals surface area contributed by atoms with Crippen molar-refractivity contribution in [1.82, 2.24) is 4.90 Å². The smallest absolute Gasteiger partial charge is 0.244 e. The van der Waals surface area contributed by atoms with Gasteiger partial charge in [0.15, 0.2) is 0 Å². The van der Waals surface area contributed by atoms with E-state index in [4.69, 9.17) is 11.6 Å². The zero-order valence-electron chi connectivity index (χ0n) is 12.9. The van der Waals surface area contributed by atoms with Crippen molar-refractivity contribution >= 4 is 23.2 Å². The van der Waals surface area contributed by atoms with Crippen LogP contribution in [0.3, 0.4) is 0 Å². The van der Waals surface area contributed by atoms with Gasteiger partial charge in [-0.3, -0.25) is 9.69 Å². The molecule has 4 nitrogen and oxygen atoms in total. The van der Waals surface area contributed by atoms with Crippen molar-refractivity contribution in [1.29, 1.82) is 0 Å².